The number of anilines is 1. The maximum absolute atomic E-state index is 11.6. The van der Waals surface area contributed by atoms with Gasteiger partial charge >= 0.3 is 12.0 Å². The molecule has 0 aliphatic rings. The van der Waals surface area contributed by atoms with Crippen molar-refractivity contribution in [3.63, 3.8) is 0 Å². The van der Waals surface area contributed by atoms with E-state index < -0.39 is 5.60 Å². The summed E-state index contributed by atoms with van der Waals surface area (Å²) in [7, 11) is 3.16. The Labute approximate surface area is 116 Å². The van der Waals surface area contributed by atoms with Gasteiger partial charge in [-0.2, -0.15) is 15.0 Å². The minimum absolute atomic E-state index is 0.133. The molecule has 0 aliphatic heterocycles. The summed E-state index contributed by atoms with van der Waals surface area (Å²) in [5.74, 6) is 0.203. The zero-order valence-corrected chi connectivity index (χ0v) is 12.5. The minimum atomic E-state index is -0.495. The molecular weight excluding hydrogens is 268 g/mol. The highest BCUT2D eigenvalue weighted by Crippen LogP contribution is 2.18. The predicted octanol–water partition coefficient (Wildman–Crippen LogP) is 1.36. The van der Waals surface area contributed by atoms with Crippen LogP contribution in [0, 0.1) is 0 Å². The first kappa shape index (κ1) is 15.5. The zero-order chi connectivity index (χ0) is 14.5. The Hall–Kier alpha value is -1.57. The van der Waals surface area contributed by atoms with Gasteiger partial charge in [-0.3, -0.25) is 4.79 Å². The normalized spacial score (nSPS) is 11.0. The average Bonchev–Trinajstić information content (AvgIpc) is 2.33. The summed E-state index contributed by atoms with van der Waals surface area (Å²) >= 11 is 1.17. The lowest BCUT2D eigenvalue weighted by Crippen LogP contribution is -2.25. The summed E-state index contributed by atoms with van der Waals surface area (Å²) < 4.78 is 10.1. The van der Waals surface area contributed by atoms with Crippen LogP contribution in [0.2, 0.25) is 0 Å². The van der Waals surface area contributed by atoms with Crippen molar-refractivity contribution < 1.29 is 14.3 Å². The number of carbonyl (C=O) groups excluding carboxylic acids is 1. The number of carbonyl (C=O) groups is 1. The van der Waals surface area contributed by atoms with Gasteiger partial charge in [-0.05, 0) is 20.8 Å². The van der Waals surface area contributed by atoms with Crippen LogP contribution in [-0.2, 0) is 9.53 Å². The van der Waals surface area contributed by atoms with Crippen molar-refractivity contribution in [2.45, 2.75) is 31.5 Å². The molecule has 0 saturated carbocycles. The monoisotopic (exact) mass is 286 g/mol. The van der Waals surface area contributed by atoms with E-state index in [2.05, 4.69) is 20.3 Å². The van der Waals surface area contributed by atoms with Crippen molar-refractivity contribution in [2.24, 2.45) is 0 Å². The first-order valence-electron chi connectivity index (χ1n) is 5.66. The molecule has 0 aromatic carbocycles. The highest BCUT2D eigenvalue weighted by atomic mass is 32.2. The SMILES string of the molecule is CNc1nc(OC)nc(SCC(=O)OC(C)(C)C)n1. The third kappa shape index (κ3) is 5.73. The van der Waals surface area contributed by atoms with Crippen LogP contribution in [0.25, 0.3) is 0 Å². The Morgan fingerprint density at radius 2 is 2.00 bits per heavy atom. The summed E-state index contributed by atoms with van der Waals surface area (Å²) in [4.78, 5) is 23.7. The third-order valence-electron chi connectivity index (χ3n) is 1.74. The number of methoxy groups -OCH3 is 1. The number of nitrogens with zero attached hydrogens (tertiary/aromatic N) is 3. The standard InChI is InChI=1S/C11H18N4O3S/c1-11(2,3)18-7(16)6-19-10-14-8(12-4)13-9(15-10)17-5/h6H2,1-5H3,(H,12,13,14,15). The Balaban J connectivity index is 2.64. The second kappa shape index (κ2) is 6.55. The van der Waals surface area contributed by atoms with Crippen molar-refractivity contribution >= 4 is 23.7 Å². The molecule has 0 amide bonds. The summed E-state index contributed by atoms with van der Waals surface area (Å²) in [6, 6.07) is 0.200. The Morgan fingerprint density at radius 3 is 2.53 bits per heavy atom. The fourth-order valence-corrected chi connectivity index (χ4v) is 1.70. The number of ether oxygens (including phenoxy) is 2. The van der Waals surface area contributed by atoms with Gasteiger partial charge in [0.05, 0.1) is 12.9 Å². The van der Waals surface area contributed by atoms with E-state index in [1.807, 2.05) is 20.8 Å². The maximum Gasteiger partial charge on any atom is 0.321 e. The van der Waals surface area contributed by atoms with Gasteiger partial charge < -0.3 is 14.8 Å². The van der Waals surface area contributed by atoms with Gasteiger partial charge in [0.25, 0.3) is 0 Å². The van der Waals surface area contributed by atoms with Gasteiger partial charge in [0.2, 0.25) is 5.95 Å². The van der Waals surface area contributed by atoms with Crippen LogP contribution >= 0.6 is 11.8 Å². The van der Waals surface area contributed by atoms with Gasteiger partial charge in [-0.1, -0.05) is 11.8 Å². The number of rotatable bonds is 5. The first-order chi connectivity index (χ1) is 8.84. The summed E-state index contributed by atoms with van der Waals surface area (Å²) in [6.07, 6.45) is 0. The fourth-order valence-electron chi connectivity index (χ4n) is 1.10. The van der Waals surface area contributed by atoms with Gasteiger partial charge in [-0.15, -0.1) is 0 Å². The molecule has 1 heterocycles. The molecule has 0 saturated heterocycles. The van der Waals surface area contributed by atoms with Crippen LogP contribution in [0.4, 0.5) is 5.95 Å². The van der Waals surface area contributed by atoms with Crippen LogP contribution in [0.5, 0.6) is 6.01 Å². The van der Waals surface area contributed by atoms with Gasteiger partial charge in [0, 0.05) is 7.05 Å². The summed E-state index contributed by atoms with van der Waals surface area (Å²) in [6.45, 7) is 5.46. The molecular formula is C11H18N4O3S. The lowest BCUT2D eigenvalue weighted by molar-refractivity contribution is -0.151. The topological polar surface area (TPSA) is 86.2 Å². The van der Waals surface area contributed by atoms with Crippen LogP contribution < -0.4 is 10.1 Å². The molecule has 19 heavy (non-hydrogen) atoms. The average molecular weight is 286 g/mol. The highest BCUT2D eigenvalue weighted by Gasteiger charge is 2.17. The molecule has 0 atom stereocenters. The van der Waals surface area contributed by atoms with Crippen LogP contribution in [0.1, 0.15) is 20.8 Å². The smallest absolute Gasteiger partial charge is 0.321 e. The molecule has 0 aliphatic carbocycles. The number of esters is 1. The van der Waals surface area contributed by atoms with E-state index in [9.17, 15) is 4.79 Å². The van der Waals surface area contributed by atoms with E-state index in [1.165, 1.54) is 18.9 Å². The molecule has 1 rings (SSSR count). The fraction of sp³-hybridized carbons (Fsp3) is 0.636. The molecule has 1 N–H and O–H groups in total. The molecule has 0 radical (unpaired) electrons. The van der Waals surface area contributed by atoms with Crippen molar-refractivity contribution in [1.82, 2.24) is 15.0 Å². The van der Waals surface area contributed by atoms with E-state index in [4.69, 9.17) is 9.47 Å². The van der Waals surface area contributed by atoms with Crippen LogP contribution in [0.3, 0.4) is 0 Å². The molecule has 0 bridgehead atoms. The number of nitrogens with one attached hydrogen (secondary N) is 1. The first-order valence-corrected chi connectivity index (χ1v) is 6.65. The third-order valence-corrected chi connectivity index (χ3v) is 2.56. The van der Waals surface area contributed by atoms with Crippen molar-refractivity contribution in [3.05, 3.63) is 0 Å². The largest absolute Gasteiger partial charge is 0.467 e. The molecule has 0 spiro atoms. The Morgan fingerprint density at radius 1 is 1.32 bits per heavy atom. The highest BCUT2D eigenvalue weighted by molar-refractivity contribution is 7.99. The van der Waals surface area contributed by atoms with Crippen LogP contribution in [-0.4, -0.2) is 46.4 Å². The maximum atomic E-state index is 11.6. The van der Waals surface area contributed by atoms with Crippen molar-refractivity contribution in [1.29, 1.82) is 0 Å². The minimum Gasteiger partial charge on any atom is -0.467 e. The van der Waals surface area contributed by atoms with Gasteiger partial charge in [-0.25, -0.2) is 0 Å². The van der Waals surface area contributed by atoms with E-state index in [0.29, 0.717) is 11.1 Å². The lowest BCUT2D eigenvalue weighted by atomic mass is 10.2. The second-order valence-electron chi connectivity index (χ2n) is 4.55. The quantitative estimate of drug-likeness (QED) is 0.641. The molecule has 1 aromatic heterocycles. The number of hydrogen-bond acceptors (Lipinski definition) is 8. The zero-order valence-electron chi connectivity index (χ0n) is 11.7. The summed E-state index contributed by atoms with van der Waals surface area (Å²) in [5.41, 5.74) is -0.495. The van der Waals surface area contributed by atoms with Gasteiger partial charge in [0.1, 0.15) is 5.60 Å². The number of hydrogen-bond donors (Lipinski definition) is 1. The lowest BCUT2D eigenvalue weighted by Gasteiger charge is -2.19. The Kier molecular flexibility index (Phi) is 5.34. The molecule has 106 valence electrons. The van der Waals surface area contributed by atoms with Crippen molar-refractivity contribution in [3.8, 4) is 6.01 Å². The summed E-state index contributed by atoms with van der Waals surface area (Å²) in [5, 5.41) is 3.20. The second-order valence-corrected chi connectivity index (χ2v) is 5.50. The van der Waals surface area contributed by atoms with Crippen molar-refractivity contribution in [2.75, 3.05) is 25.2 Å². The molecule has 0 unspecified atom stereocenters. The van der Waals surface area contributed by atoms with E-state index in [0.717, 1.165) is 0 Å². The van der Waals surface area contributed by atoms with E-state index >= 15 is 0 Å². The molecule has 1 aromatic rings. The van der Waals surface area contributed by atoms with E-state index in [1.54, 1.807) is 7.05 Å². The molecule has 7 nitrogen and oxygen atoms in total. The van der Waals surface area contributed by atoms with E-state index in [-0.39, 0.29) is 17.7 Å². The number of aromatic nitrogens is 3. The number of thioether (sulfide) groups is 1. The predicted molar refractivity (Wildman–Crippen MR) is 72.5 cm³/mol. The molecule has 8 heteroatoms. The van der Waals surface area contributed by atoms with Crippen LogP contribution in [0.15, 0.2) is 5.16 Å². The van der Waals surface area contributed by atoms with Gasteiger partial charge in [0.15, 0.2) is 5.16 Å². The Bertz CT molecular complexity index is 426. The molecule has 0 fully saturated rings.